The molecule has 2 aromatic carbocycles. The fourth-order valence-electron chi connectivity index (χ4n) is 2.98. The molecule has 1 aliphatic heterocycles. The number of hydrogen-bond donors (Lipinski definition) is 1. The van der Waals surface area contributed by atoms with Gasteiger partial charge in [-0.05, 0) is 41.5 Å². The predicted octanol–water partition coefficient (Wildman–Crippen LogP) is 5.91. The molecule has 8 heteroatoms. The number of thioether (sulfide) groups is 1. The lowest BCUT2D eigenvalue weighted by Gasteiger charge is -2.11. The van der Waals surface area contributed by atoms with Crippen LogP contribution in [0.2, 0.25) is 0 Å². The Kier molecular flexibility index (Phi) is 6.36. The number of ether oxygens (including phenoxy) is 2. The van der Waals surface area contributed by atoms with Crippen LogP contribution < -0.4 is 9.47 Å². The van der Waals surface area contributed by atoms with Crippen molar-refractivity contribution in [3.8, 4) is 11.5 Å². The van der Waals surface area contributed by atoms with E-state index in [0.717, 1.165) is 15.6 Å². The van der Waals surface area contributed by atoms with Crippen molar-refractivity contribution in [1.29, 1.82) is 5.41 Å². The van der Waals surface area contributed by atoms with Crippen molar-refractivity contribution in [2.75, 3.05) is 7.11 Å². The number of allylic oxidation sites excluding steroid dienone is 1. The first-order valence-corrected chi connectivity index (χ1v) is 11.5. The standard InChI is InChI=1S/C22H17BrN2O3S2/c1-27-17-10-14(4-7-16(17)28-12-13-2-5-15(23)6-3-13)11-18-20(26)19(21(24)30-18)22-25-8-9-29-22/h2-11,19,24H,12H2,1H3/b18-11-,24-21?/t19-/m0/s1. The average Bonchev–Trinajstić information content (AvgIpc) is 3.36. The summed E-state index contributed by atoms with van der Waals surface area (Å²) in [6.45, 7) is 0.422. The number of carbonyl (C=O) groups excluding carboxylic acids is 1. The third kappa shape index (κ3) is 4.50. The minimum Gasteiger partial charge on any atom is -0.493 e. The van der Waals surface area contributed by atoms with Gasteiger partial charge in [0.2, 0.25) is 0 Å². The van der Waals surface area contributed by atoms with E-state index in [0.29, 0.717) is 33.1 Å². The maximum absolute atomic E-state index is 12.8. The van der Waals surface area contributed by atoms with E-state index in [4.69, 9.17) is 14.9 Å². The lowest BCUT2D eigenvalue weighted by atomic mass is 10.0. The van der Waals surface area contributed by atoms with Gasteiger partial charge in [-0.1, -0.05) is 45.9 Å². The third-order valence-corrected chi connectivity index (χ3v) is 6.84. The minimum atomic E-state index is -0.586. The minimum absolute atomic E-state index is 0.0884. The lowest BCUT2D eigenvalue weighted by Crippen LogP contribution is -2.11. The summed E-state index contributed by atoms with van der Waals surface area (Å²) in [5.41, 5.74) is 1.86. The van der Waals surface area contributed by atoms with Crippen molar-refractivity contribution in [3.63, 3.8) is 0 Å². The number of ketones is 1. The molecule has 1 N–H and O–H groups in total. The van der Waals surface area contributed by atoms with E-state index < -0.39 is 5.92 Å². The average molecular weight is 501 g/mol. The molecule has 1 saturated heterocycles. The van der Waals surface area contributed by atoms with Crippen molar-refractivity contribution < 1.29 is 14.3 Å². The molecule has 0 unspecified atom stereocenters. The van der Waals surface area contributed by atoms with Crippen LogP contribution in [-0.4, -0.2) is 22.9 Å². The van der Waals surface area contributed by atoms with Gasteiger partial charge in [0, 0.05) is 16.0 Å². The number of benzene rings is 2. The van der Waals surface area contributed by atoms with Crippen LogP contribution in [0, 0.1) is 5.41 Å². The molecular formula is C22H17BrN2O3S2. The molecule has 3 aromatic rings. The van der Waals surface area contributed by atoms with Gasteiger partial charge in [-0.15, -0.1) is 11.3 Å². The highest BCUT2D eigenvalue weighted by Crippen LogP contribution is 2.41. The van der Waals surface area contributed by atoms with Crippen LogP contribution in [-0.2, 0) is 11.4 Å². The van der Waals surface area contributed by atoms with Gasteiger partial charge in [0.25, 0.3) is 0 Å². The summed E-state index contributed by atoms with van der Waals surface area (Å²) in [6.07, 6.45) is 3.45. The quantitative estimate of drug-likeness (QED) is 0.425. The third-order valence-electron chi connectivity index (χ3n) is 4.48. The Balaban J connectivity index is 1.52. The Bertz CT molecular complexity index is 1110. The zero-order chi connectivity index (χ0) is 21.1. The van der Waals surface area contributed by atoms with Crippen molar-refractivity contribution in [1.82, 2.24) is 4.98 Å². The van der Waals surface area contributed by atoms with E-state index in [1.165, 1.54) is 23.1 Å². The summed E-state index contributed by atoms with van der Waals surface area (Å²) < 4.78 is 12.4. The number of methoxy groups -OCH3 is 1. The van der Waals surface area contributed by atoms with Gasteiger partial charge in [0.05, 0.1) is 17.1 Å². The molecule has 152 valence electrons. The highest BCUT2D eigenvalue weighted by atomic mass is 79.9. The second-order valence-electron chi connectivity index (χ2n) is 6.47. The number of nitrogens with one attached hydrogen (secondary N) is 1. The highest BCUT2D eigenvalue weighted by molar-refractivity contribution is 9.10. The summed E-state index contributed by atoms with van der Waals surface area (Å²) in [7, 11) is 1.59. The number of rotatable bonds is 6. The first-order valence-electron chi connectivity index (χ1n) is 9.02. The summed E-state index contributed by atoms with van der Waals surface area (Å²) >= 11 is 6.01. The number of halogens is 1. The largest absolute Gasteiger partial charge is 0.493 e. The van der Waals surface area contributed by atoms with Gasteiger partial charge in [0.1, 0.15) is 17.5 Å². The summed E-state index contributed by atoms with van der Waals surface area (Å²) in [6, 6.07) is 13.5. The van der Waals surface area contributed by atoms with Crippen LogP contribution in [0.4, 0.5) is 0 Å². The zero-order valence-corrected chi connectivity index (χ0v) is 19.1. The molecule has 1 aliphatic rings. The van der Waals surface area contributed by atoms with Crippen LogP contribution in [0.1, 0.15) is 22.1 Å². The van der Waals surface area contributed by atoms with E-state index in [1.54, 1.807) is 19.4 Å². The maximum Gasteiger partial charge on any atom is 0.186 e. The number of thiazole rings is 1. The van der Waals surface area contributed by atoms with Crippen LogP contribution in [0.5, 0.6) is 11.5 Å². The van der Waals surface area contributed by atoms with E-state index in [-0.39, 0.29) is 5.78 Å². The molecule has 30 heavy (non-hydrogen) atoms. The van der Waals surface area contributed by atoms with Gasteiger partial charge in [-0.2, -0.15) is 0 Å². The van der Waals surface area contributed by atoms with Crippen molar-refractivity contribution in [2.24, 2.45) is 0 Å². The second-order valence-corrected chi connectivity index (χ2v) is 9.39. The Morgan fingerprint density at radius 2 is 2.00 bits per heavy atom. The number of aromatic nitrogens is 1. The number of hydrogen-bond acceptors (Lipinski definition) is 7. The van der Waals surface area contributed by atoms with Gasteiger partial charge in [0.15, 0.2) is 17.3 Å². The Morgan fingerprint density at radius 3 is 2.70 bits per heavy atom. The fourth-order valence-corrected chi connectivity index (χ4v) is 5.05. The Morgan fingerprint density at radius 1 is 1.20 bits per heavy atom. The number of nitrogens with zero attached hydrogens (tertiary/aromatic N) is 1. The van der Waals surface area contributed by atoms with Crippen molar-refractivity contribution >= 4 is 55.9 Å². The maximum atomic E-state index is 12.8. The van der Waals surface area contributed by atoms with Gasteiger partial charge >= 0.3 is 0 Å². The molecule has 0 radical (unpaired) electrons. The molecule has 0 aliphatic carbocycles. The molecule has 1 atom stereocenters. The monoisotopic (exact) mass is 500 g/mol. The van der Waals surface area contributed by atoms with Crippen molar-refractivity contribution in [2.45, 2.75) is 12.5 Å². The summed E-state index contributed by atoms with van der Waals surface area (Å²) in [4.78, 5) is 17.5. The van der Waals surface area contributed by atoms with E-state index in [9.17, 15) is 4.79 Å². The predicted molar refractivity (Wildman–Crippen MR) is 125 cm³/mol. The molecule has 0 spiro atoms. The lowest BCUT2D eigenvalue weighted by molar-refractivity contribution is -0.114. The van der Waals surface area contributed by atoms with Crippen LogP contribution in [0.15, 0.2) is 63.4 Å². The molecule has 5 nitrogen and oxygen atoms in total. The first kappa shape index (κ1) is 20.8. The molecule has 0 bridgehead atoms. The summed E-state index contributed by atoms with van der Waals surface area (Å²) in [5.74, 6) is 0.538. The normalized spacial score (nSPS) is 17.5. The smallest absolute Gasteiger partial charge is 0.186 e. The molecule has 4 rings (SSSR count). The van der Waals surface area contributed by atoms with Crippen LogP contribution >= 0.6 is 39.0 Å². The number of carbonyl (C=O) groups is 1. The highest BCUT2D eigenvalue weighted by Gasteiger charge is 2.38. The van der Waals surface area contributed by atoms with E-state index in [2.05, 4.69) is 20.9 Å². The van der Waals surface area contributed by atoms with E-state index in [1.807, 2.05) is 47.8 Å². The topological polar surface area (TPSA) is 72.3 Å². The van der Waals surface area contributed by atoms with Crippen molar-refractivity contribution in [3.05, 3.63) is 79.6 Å². The molecule has 0 amide bonds. The van der Waals surface area contributed by atoms with Gasteiger partial charge < -0.3 is 9.47 Å². The van der Waals surface area contributed by atoms with Gasteiger partial charge in [-0.25, -0.2) is 4.98 Å². The Labute approximate surface area is 190 Å². The zero-order valence-electron chi connectivity index (χ0n) is 15.9. The molecule has 2 heterocycles. The first-order chi connectivity index (χ1) is 14.5. The van der Waals surface area contributed by atoms with Crippen LogP contribution in [0.3, 0.4) is 0 Å². The van der Waals surface area contributed by atoms with Crippen LogP contribution in [0.25, 0.3) is 6.08 Å². The Hall–Kier alpha value is -2.42. The van der Waals surface area contributed by atoms with E-state index >= 15 is 0 Å². The second kappa shape index (κ2) is 9.16. The summed E-state index contributed by atoms with van der Waals surface area (Å²) in [5, 5.41) is 11.0. The molecule has 1 aromatic heterocycles. The molecular weight excluding hydrogens is 484 g/mol. The fraction of sp³-hybridized carbons (Fsp3) is 0.136. The molecule has 0 saturated carbocycles. The molecule has 1 fully saturated rings. The van der Waals surface area contributed by atoms with Gasteiger partial charge in [-0.3, -0.25) is 10.2 Å². The number of Topliss-reactive ketones (excluding diaryl/α,β-unsaturated/α-hetero) is 1. The SMILES string of the molecule is COc1cc(/C=C2\SC(=N)[C@@H](c3nccs3)C2=O)ccc1OCc1ccc(Br)cc1.